The predicted octanol–water partition coefficient (Wildman–Crippen LogP) is 1.88. The number of anilines is 3. The lowest BCUT2D eigenvalue weighted by Crippen LogP contribution is -2.62. The van der Waals surface area contributed by atoms with Gasteiger partial charge >= 0.3 is 0 Å². The molecule has 4 rings (SSSR count). The number of halogens is 1. The summed E-state index contributed by atoms with van der Waals surface area (Å²) in [4.78, 5) is 31.1. The number of hydrogen-bond acceptors (Lipinski definition) is 6. The molecule has 8 nitrogen and oxygen atoms in total. The molecule has 2 aromatic carbocycles. The molecule has 0 saturated carbocycles. The Kier molecular flexibility index (Phi) is 5.67. The summed E-state index contributed by atoms with van der Waals surface area (Å²) >= 11 is 3.37. The number of piperazine rings is 1. The Morgan fingerprint density at radius 1 is 1.27 bits per heavy atom. The van der Waals surface area contributed by atoms with Crippen molar-refractivity contribution in [2.45, 2.75) is 12.1 Å². The lowest BCUT2D eigenvalue weighted by molar-refractivity contribution is -0.133. The molecule has 1 aromatic heterocycles. The predicted molar refractivity (Wildman–Crippen MR) is 119 cm³/mol. The number of aliphatic hydroxyl groups excluding tert-OH is 1. The number of carbonyl (C=O) groups is 2. The third-order valence-corrected chi connectivity index (χ3v) is 5.55. The topological polar surface area (TPSA) is 121 Å². The molecule has 9 heteroatoms. The Morgan fingerprint density at radius 3 is 2.80 bits per heavy atom. The first-order chi connectivity index (χ1) is 14.4. The van der Waals surface area contributed by atoms with E-state index in [4.69, 9.17) is 5.73 Å². The summed E-state index contributed by atoms with van der Waals surface area (Å²) in [5.41, 5.74) is 7.05. The first-order valence-electron chi connectivity index (χ1n) is 9.37. The Balaban J connectivity index is 1.49. The van der Waals surface area contributed by atoms with E-state index < -0.39 is 18.1 Å². The van der Waals surface area contributed by atoms with E-state index in [1.807, 2.05) is 24.3 Å². The van der Waals surface area contributed by atoms with Crippen LogP contribution in [-0.4, -0.2) is 47.1 Å². The van der Waals surface area contributed by atoms with Crippen molar-refractivity contribution in [2.24, 2.45) is 0 Å². The van der Waals surface area contributed by atoms with E-state index in [1.54, 1.807) is 35.4 Å². The van der Waals surface area contributed by atoms with Crippen molar-refractivity contribution in [1.29, 1.82) is 0 Å². The van der Waals surface area contributed by atoms with Crippen LogP contribution in [0.1, 0.15) is 0 Å². The Bertz CT molecular complexity index is 1110. The summed E-state index contributed by atoms with van der Waals surface area (Å²) in [6.45, 7) is 0.907. The molecule has 3 aromatic rings. The zero-order valence-corrected chi connectivity index (χ0v) is 17.5. The van der Waals surface area contributed by atoms with Gasteiger partial charge in [-0.25, -0.2) is 4.98 Å². The van der Waals surface area contributed by atoms with Crippen LogP contribution in [0.25, 0.3) is 10.8 Å². The molecular formula is C21H20BrN5O3. The molecule has 5 N–H and O–H groups in total. The Hall–Kier alpha value is -3.01. The highest BCUT2D eigenvalue weighted by Gasteiger charge is 2.38. The molecule has 0 bridgehead atoms. The van der Waals surface area contributed by atoms with Crippen LogP contribution < -0.4 is 21.3 Å². The van der Waals surface area contributed by atoms with Gasteiger partial charge in [-0.05, 0) is 53.9 Å². The van der Waals surface area contributed by atoms with Crippen molar-refractivity contribution in [3.63, 3.8) is 0 Å². The molecule has 1 saturated heterocycles. The average Bonchev–Trinajstić information content (AvgIpc) is 2.74. The number of aliphatic hydroxyl groups is 1. The van der Waals surface area contributed by atoms with Gasteiger partial charge in [-0.15, -0.1) is 0 Å². The van der Waals surface area contributed by atoms with Crippen LogP contribution in [0.2, 0.25) is 0 Å². The van der Waals surface area contributed by atoms with E-state index in [9.17, 15) is 14.7 Å². The maximum absolute atomic E-state index is 12.9. The van der Waals surface area contributed by atoms with Gasteiger partial charge in [0, 0.05) is 40.5 Å². The minimum Gasteiger partial charge on any atom is -0.383 e. The smallest absolute Gasteiger partial charge is 0.255 e. The summed E-state index contributed by atoms with van der Waals surface area (Å²) in [6, 6.07) is 13.2. The summed E-state index contributed by atoms with van der Waals surface area (Å²) in [7, 11) is 0. The van der Waals surface area contributed by atoms with Crippen LogP contribution in [0.4, 0.5) is 17.2 Å². The Labute approximate surface area is 181 Å². The average molecular weight is 470 g/mol. The summed E-state index contributed by atoms with van der Waals surface area (Å²) in [6.07, 6.45) is 0.0355. The summed E-state index contributed by atoms with van der Waals surface area (Å²) in [5, 5.41) is 17.8. The number of rotatable bonds is 4. The minimum atomic E-state index is -1.55. The number of nitrogens with one attached hydrogen (secondary N) is 2. The number of nitrogens with zero attached hydrogens (tertiary/aromatic N) is 2. The van der Waals surface area contributed by atoms with Crippen LogP contribution >= 0.6 is 15.9 Å². The molecular weight excluding hydrogens is 450 g/mol. The number of amides is 2. The maximum atomic E-state index is 12.9. The second kappa shape index (κ2) is 8.39. The molecule has 1 aliphatic rings. The molecule has 0 spiro atoms. The standard InChI is InChI=1S/C21H20BrN5O3/c22-13-1-4-15(5-2-13)27-10-9-24-17(21(27)30)18(28)20(29)26-14-3-6-16-12(11-14)7-8-25-19(16)23/h1-8,11,17-18,24,28H,9-10H2,(H2,23,25)(H,26,29)/t17-,18-/m1/s1. The molecule has 1 fully saturated rings. The van der Waals surface area contributed by atoms with Gasteiger partial charge < -0.3 is 26.4 Å². The molecule has 154 valence electrons. The largest absolute Gasteiger partial charge is 0.383 e. The van der Waals surface area contributed by atoms with Crippen molar-refractivity contribution in [2.75, 3.05) is 29.0 Å². The molecule has 30 heavy (non-hydrogen) atoms. The first-order valence-corrected chi connectivity index (χ1v) is 10.2. The molecule has 0 aliphatic carbocycles. The van der Waals surface area contributed by atoms with E-state index in [2.05, 4.69) is 31.5 Å². The van der Waals surface area contributed by atoms with E-state index in [0.29, 0.717) is 30.3 Å². The first kappa shape index (κ1) is 20.3. The lowest BCUT2D eigenvalue weighted by Gasteiger charge is -2.34. The fourth-order valence-electron chi connectivity index (χ4n) is 3.47. The quantitative estimate of drug-likeness (QED) is 0.462. The SMILES string of the molecule is Nc1nccc2cc(NC(=O)[C@H](O)[C@H]3NCCN(c4ccc(Br)cc4)C3=O)ccc12. The second-order valence-electron chi connectivity index (χ2n) is 6.96. The van der Waals surface area contributed by atoms with E-state index >= 15 is 0 Å². The summed E-state index contributed by atoms with van der Waals surface area (Å²) in [5.74, 6) is -0.626. The van der Waals surface area contributed by atoms with Crippen LogP contribution in [0, 0.1) is 0 Å². The van der Waals surface area contributed by atoms with E-state index in [1.165, 1.54) is 0 Å². The molecule has 0 unspecified atom stereocenters. The van der Waals surface area contributed by atoms with Gasteiger partial charge in [0.2, 0.25) is 5.91 Å². The maximum Gasteiger partial charge on any atom is 0.255 e. The third kappa shape index (κ3) is 4.00. The molecule has 2 heterocycles. The van der Waals surface area contributed by atoms with Crippen LogP contribution in [0.5, 0.6) is 0 Å². The number of benzene rings is 2. The van der Waals surface area contributed by atoms with Gasteiger partial charge in [-0.2, -0.15) is 0 Å². The second-order valence-corrected chi connectivity index (χ2v) is 7.88. The van der Waals surface area contributed by atoms with Gasteiger partial charge in [0.05, 0.1) is 0 Å². The zero-order chi connectivity index (χ0) is 21.3. The molecule has 2 atom stereocenters. The van der Waals surface area contributed by atoms with E-state index in [0.717, 1.165) is 15.2 Å². The molecule has 0 radical (unpaired) electrons. The molecule has 1 aliphatic heterocycles. The minimum absolute atomic E-state index is 0.358. The fraction of sp³-hybridized carbons (Fsp3) is 0.190. The normalized spacial score (nSPS) is 17.7. The Morgan fingerprint density at radius 2 is 2.03 bits per heavy atom. The van der Waals surface area contributed by atoms with Gasteiger partial charge in [-0.3, -0.25) is 9.59 Å². The number of aromatic nitrogens is 1. The van der Waals surface area contributed by atoms with Crippen molar-refractivity contribution in [3.05, 3.63) is 59.2 Å². The van der Waals surface area contributed by atoms with Gasteiger partial charge in [0.15, 0.2) is 6.10 Å². The van der Waals surface area contributed by atoms with Crippen molar-refractivity contribution in [3.8, 4) is 0 Å². The highest BCUT2D eigenvalue weighted by Crippen LogP contribution is 2.24. The molecule has 2 amide bonds. The van der Waals surface area contributed by atoms with E-state index in [-0.39, 0.29) is 5.91 Å². The third-order valence-electron chi connectivity index (χ3n) is 5.02. The highest BCUT2D eigenvalue weighted by molar-refractivity contribution is 9.10. The zero-order valence-electron chi connectivity index (χ0n) is 15.9. The number of nitrogens with two attached hydrogens (primary N) is 1. The van der Waals surface area contributed by atoms with Gasteiger partial charge in [0.1, 0.15) is 11.9 Å². The number of fused-ring (bicyclic) bond motifs is 1. The van der Waals surface area contributed by atoms with Crippen LogP contribution in [0.15, 0.2) is 59.2 Å². The van der Waals surface area contributed by atoms with Crippen LogP contribution in [0.3, 0.4) is 0 Å². The summed E-state index contributed by atoms with van der Waals surface area (Å²) < 4.78 is 0.901. The van der Waals surface area contributed by atoms with Crippen molar-refractivity contribution >= 4 is 55.7 Å². The highest BCUT2D eigenvalue weighted by atomic mass is 79.9. The number of hydrogen-bond donors (Lipinski definition) is 4. The van der Waals surface area contributed by atoms with Gasteiger partial charge in [0.25, 0.3) is 5.91 Å². The number of nitrogen functional groups attached to an aromatic ring is 1. The monoisotopic (exact) mass is 469 g/mol. The van der Waals surface area contributed by atoms with Crippen LogP contribution in [-0.2, 0) is 9.59 Å². The van der Waals surface area contributed by atoms with Crippen molar-refractivity contribution in [1.82, 2.24) is 10.3 Å². The van der Waals surface area contributed by atoms with Gasteiger partial charge in [-0.1, -0.05) is 15.9 Å². The number of pyridine rings is 1. The lowest BCUT2D eigenvalue weighted by atomic mass is 10.1. The fourth-order valence-corrected chi connectivity index (χ4v) is 3.73. The number of carbonyl (C=O) groups excluding carboxylic acids is 2. The van der Waals surface area contributed by atoms with Crippen molar-refractivity contribution < 1.29 is 14.7 Å².